The first-order valence-electron chi connectivity index (χ1n) is 17.6. The number of para-hydroxylation sites is 1. The summed E-state index contributed by atoms with van der Waals surface area (Å²) < 4.78 is 0. The third-order valence-electron chi connectivity index (χ3n) is 10.1. The number of aryl methyl sites for hydroxylation is 3. The highest BCUT2D eigenvalue weighted by atomic mass is 15.6. The Morgan fingerprint density at radius 3 is 2.00 bits per heavy atom. The van der Waals surface area contributed by atoms with Crippen molar-refractivity contribution in [1.29, 1.82) is 0 Å². The highest BCUT2D eigenvalue weighted by Gasteiger charge is 2.30. The van der Waals surface area contributed by atoms with Crippen LogP contribution < -0.4 is 31.2 Å². The fourth-order valence-corrected chi connectivity index (χ4v) is 7.77. The van der Waals surface area contributed by atoms with Crippen LogP contribution in [0.4, 0.5) is 17.1 Å². The van der Waals surface area contributed by atoms with Gasteiger partial charge in [-0.15, -0.1) is 0 Å². The van der Waals surface area contributed by atoms with Crippen LogP contribution in [0, 0.1) is 20.8 Å². The highest BCUT2D eigenvalue weighted by molar-refractivity contribution is 6.96. The maximum absolute atomic E-state index is 4.81. The first kappa shape index (κ1) is 31.5. The normalized spacial score (nSPS) is 16.8. The molecule has 50 heavy (non-hydrogen) atoms. The van der Waals surface area contributed by atoms with Gasteiger partial charge >= 0.3 is 0 Å². The SMILES string of the molecule is Cc1cc(C)c(B(c2cccc(N3C=C(c4ccccc4)N([C@@H]4C=CC=CC4)C3)c2)c2cccc(N3CN(c4ccccc4)C=N3)c2)c(C)c1. The molecule has 0 saturated heterocycles. The molecule has 6 heteroatoms. The Kier molecular flexibility index (Phi) is 8.60. The van der Waals surface area contributed by atoms with Crippen molar-refractivity contribution >= 4 is 52.2 Å². The molecule has 0 spiro atoms. The topological polar surface area (TPSA) is 25.3 Å². The summed E-state index contributed by atoms with van der Waals surface area (Å²) in [5.41, 5.74) is 13.7. The predicted molar refractivity (Wildman–Crippen MR) is 213 cm³/mol. The third kappa shape index (κ3) is 6.25. The summed E-state index contributed by atoms with van der Waals surface area (Å²) >= 11 is 0. The summed E-state index contributed by atoms with van der Waals surface area (Å²) in [6.07, 6.45) is 14.2. The molecule has 0 bridgehead atoms. The van der Waals surface area contributed by atoms with E-state index in [9.17, 15) is 0 Å². The molecular weight excluding hydrogens is 609 g/mol. The van der Waals surface area contributed by atoms with Crippen molar-refractivity contribution in [2.24, 2.45) is 5.10 Å². The minimum absolute atomic E-state index is 0.0509. The second-order valence-electron chi connectivity index (χ2n) is 13.6. The summed E-state index contributed by atoms with van der Waals surface area (Å²) in [4.78, 5) is 7.13. The first-order chi connectivity index (χ1) is 24.5. The van der Waals surface area contributed by atoms with Crippen LogP contribution in [-0.4, -0.2) is 37.3 Å². The van der Waals surface area contributed by atoms with Crippen LogP contribution in [0.5, 0.6) is 0 Å². The summed E-state index contributed by atoms with van der Waals surface area (Å²) in [7, 11) is 0. The van der Waals surface area contributed by atoms with E-state index in [2.05, 4.69) is 186 Å². The second kappa shape index (κ2) is 13.6. The molecule has 3 aliphatic rings. The van der Waals surface area contributed by atoms with Crippen molar-refractivity contribution in [3.8, 4) is 0 Å². The maximum Gasteiger partial charge on any atom is 0.242 e. The van der Waals surface area contributed by atoms with E-state index in [1.165, 1.54) is 50.0 Å². The summed E-state index contributed by atoms with van der Waals surface area (Å²) in [5.74, 6) is 0. The smallest absolute Gasteiger partial charge is 0.242 e. The summed E-state index contributed by atoms with van der Waals surface area (Å²) in [6.45, 7) is 8.23. The van der Waals surface area contributed by atoms with Crippen molar-refractivity contribution in [2.75, 3.05) is 28.1 Å². The van der Waals surface area contributed by atoms with E-state index >= 15 is 0 Å². The minimum Gasteiger partial charge on any atom is -0.345 e. The van der Waals surface area contributed by atoms with Crippen LogP contribution in [0.25, 0.3) is 5.70 Å². The number of hydrogen-bond acceptors (Lipinski definition) is 5. The van der Waals surface area contributed by atoms with Gasteiger partial charge in [0.15, 0.2) is 0 Å². The zero-order valence-corrected chi connectivity index (χ0v) is 29.0. The number of rotatable bonds is 8. The Morgan fingerprint density at radius 2 is 1.30 bits per heavy atom. The van der Waals surface area contributed by atoms with Gasteiger partial charge in [0.05, 0.1) is 24.1 Å². The molecule has 5 nitrogen and oxygen atoms in total. The number of hydrogen-bond donors (Lipinski definition) is 0. The third-order valence-corrected chi connectivity index (χ3v) is 10.1. The van der Waals surface area contributed by atoms with Crippen molar-refractivity contribution < 1.29 is 0 Å². The van der Waals surface area contributed by atoms with Gasteiger partial charge in [0.1, 0.15) is 13.0 Å². The molecule has 1 aliphatic carbocycles. The Balaban J connectivity index is 1.17. The molecule has 1 atom stereocenters. The number of benzene rings is 5. The largest absolute Gasteiger partial charge is 0.345 e. The zero-order chi connectivity index (χ0) is 34.0. The maximum atomic E-state index is 4.81. The number of allylic oxidation sites excluding steroid dienone is 2. The molecule has 0 saturated carbocycles. The van der Waals surface area contributed by atoms with Gasteiger partial charge in [-0.25, -0.2) is 5.01 Å². The predicted octanol–water partition coefficient (Wildman–Crippen LogP) is 7.32. The van der Waals surface area contributed by atoms with E-state index in [-0.39, 0.29) is 6.71 Å². The zero-order valence-electron chi connectivity index (χ0n) is 29.0. The van der Waals surface area contributed by atoms with Gasteiger partial charge in [0.2, 0.25) is 6.71 Å². The molecule has 2 heterocycles. The van der Waals surface area contributed by atoms with Crippen LogP contribution >= 0.6 is 0 Å². The Morgan fingerprint density at radius 1 is 0.640 bits per heavy atom. The monoisotopic (exact) mass is 651 g/mol. The molecule has 0 fully saturated rings. The van der Waals surface area contributed by atoms with E-state index in [4.69, 9.17) is 5.10 Å². The van der Waals surface area contributed by atoms with Gasteiger partial charge in [-0.2, -0.15) is 5.10 Å². The fraction of sp³-hybridized carbons (Fsp3) is 0.159. The molecule has 0 amide bonds. The van der Waals surface area contributed by atoms with Gasteiger partial charge in [0.25, 0.3) is 0 Å². The van der Waals surface area contributed by atoms with Gasteiger partial charge in [-0.05, 0) is 69.2 Å². The van der Waals surface area contributed by atoms with E-state index in [0.717, 1.165) is 24.5 Å². The average Bonchev–Trinajstić information content (AvgIpc) is 3.84. The first-order valence-corrected chi connectivity index (χ1v) is 17.6. The molecule has 5 aromatic carbocycles. The van der Waals surface area contributed by atoms with Gasteiger partial charge in [0, 0.05) is 17.6 Å². The van der Waals surface area contributed by atoms with E-state index in [0.29, 0.717) is 12.7 Å². The van der Waals surface area contributed by atoms with Crippen LogP contribution in [0.15, 0.2) is 157 Å². The number of nitrogens with zero attached hydrogens (tertiary/aromatic N) is 5. The standard InChI is InChI=1S/C44H42BN5/c1-33-25-34(2)44(35(3)26-33)45(38-18-14-24-42(28-38)50-32-48(30-46-50)39-19-9-5-10-20-39)37-17-13-23-41(27-37)47-29-43(36-15-7-4-8-16-36)49(31-47)40-21-11-6-12-22-40/h4-21,23-30,40H,22,31-32H2,1-3H3/t40-/m1/s1. The van der Waals surface area contributed by atoms with E-state index in [1.807, 2.05) is 12.4 Å². The fourth-order valence-electron chi connectivity index (χ4n) is 7.77. The number of hydrazone groups is 1. The molecule has 5 aromatic rings. The summed E-state index contributed by atoms with van der Waals surface area (Å²) in [6, 6.07) is 44.3. The van der Waals surface area contributed by atoms with Gasteiger partial charge in [-0.1, -0.05) is 142 Å². The molecule has 8 rings (SSSR count). The van der Waals surface area contributed by atoms with E-state index < -0.39 is 0 Å². The lowest BCUT2D eigenvalue weighted by atomic mass is 9.35. The Hall–Kier alpha value is -5.75. The van der Waals surface area contributed by atoms with Crippen LogP contribution in [0.2, 0.25) is 0 Å². The minimum atomic E-state index is 0.0509. The Labute approximate surface area is 296 Å². The average molecular weight is 652 g/mol. The van der Waals surface area contributed by atoms with Crippen molar-refractivity contribution in [3.63, 3.8) is 0 Å². The van der Waals surface area contributed by atoms with E-state index in [1.54, 1.807) is 0 Å². The van der Waals surface area contributed by atoms with Crippen molar-refractivity contribution in [3.05, 3.63) is 174 Å². The molecule has 0 radical (unpaired) electrons. The number of anilines is 3. The summed E-state index contributed by atoms with van der Waals surface area (Å²) in [5, 5.41) is 6.89. The molecule has 0 aromatic heterocycles. The lowest BCUT2D eigenvalue weighted by Crippen LogP contribution is -2.54. The van der Waals surface area contributed by atoms with Crippen LogP contribution in [0.3, 0.4) is 0 Å². The second-order valence-corrected chi connectivity index (χ2v) is 13.6. The van der Waals surface area contributed by atoms with Crippen LogP contribution in [0.1, 0.15) is 28.7 Å². The highest BCUT2D eigenvalue weighted by Crippen LogP contribution is 2.33. The Bertz CT molecular complexity index is 2100. The molecule has 0 unspecified atom stereocenters. The van der Waals surface area contributed by atoms with Crippen molar-refractivity contribution in [2.45, 2.75) is 33.2 Å². The van der Waals surface area contributed by atoms with Gasteiger partial charge in [-0.3, -0.25) is 0 Å². The molecule has 246 valence electrons. The van der Waals surface area contributed by atoms with Gasteiger partial charge < -0.3 is 14.7 Å². The molecule has 2 aliphatic heterocycles. The molecular formula is C44H42BN5. The lowest BCUT2D eigenvalue weighted by molar-refractivity contribution is 0.362. The van der Waals surface area contributed by atoms with Crippen LogP contribution in [-0.2, 0) is 0 Å². The quantitative estimate of drug-likeness (QED) is 0.164. The van der Waals surface area contributed by atoms with Crippen molar-refractivity contribution in [1.82, 2.24) is 4.90 Å². The molecule has 0 N–H and O–H groups in total. The lowest BCUT2D eigenvalue weighted by Gasteiger charge is -2.31.